The van der Waals surface area contributed by atoms with E-state index in [1.165, 1.54) is 0 Å². The van der Waals surface area contributed by atoms with E-state index in [9.17, 15) is 9.59 Å². The smallest absolute Gasteiger partial charge is 0.255 e. The van der Waals surface area contributed by atoms with E-state index in [1.807, 2.05) is 6.07 Å². The van der Waals surface area contributed by atoms with Gasteiger partial charge in [0.1, 0.15) is 5.75 Å². The number of hydrogen-bond donors (Lipinski definition) is 2. The van der Waals surface area contributed by atoms with Gasteiger partial charge in [-0.1, -0.05) is 34.1 Å². The van der Waals surface area contributed by atoms with E-state index in [-0.39, 0.29) is 11.8 Å². The number of nitrogens with one attached hydrogen (secondary N) is 2. The number of amides is 2. The highest BCUT2D eigenvalue weighted by molar-refractivity contribution is 9.10. The van der Waals surface area contributed by atoms with Gasteiger partial charge < -0.3 is 15.4 Å². The van der Waals surface area contributed by atoms with Crippen molar-refractivity contribution in [2.45, 2.75) is 0 Å². The number of benzene rings is 3. The molecule has 0 heterocycles. The van der Waals surface area contributed by atoms with Gasteiger partial charge in [-0.3, -0.25) is 9.59 Å². The van der Waals surface area contributed by atoms with Crippen molar-refractivity contribution in [1.82, 2.24) is 0 Å². The Hall–Kier alpha value is -3.12. The quantitative estimate of drug-likeness (QED) is 0.607. The highest BCUT2D eigenvalue weighted by atomic mass is 79.9. The van der Waals surface area contributed by atoms with E-state index in [0.717, 1.165) is 4.47 Å². The van der Waals surface area contributed by atoms with Crippen molar-refractivity contribution in [3.63, 3.8) is 0 Å². The number of methoxy groups -OCH3 is 1. The van der Waals surface area contributed by atoms with E-state index < -0.39 is 0 Å². The van der Waals surface area contributed by atoms with Crippen LogP contribution in [0.1, 0.15) is 20.7 Å². The monoisotopic (exact) mass is 424 g/mol. The molecule has 0 aliphatic rings. The lowest BCUT2D eigenvalue weighted by Crippen LogP contribution is -2.14. The second-order valence-corrected chi connectivity index (χ2v) is 6.65. The zero-order valence-corrected chi connectivity index (χ0v) is 16.1. The van der Waals surface area contributed by atoms with Crippen LogP contribution in [0.4, 0.5) is 11.4 Å². The van der Waals surface area contributed by atoms with Crippen molar-refractivity contribution >= 4 is 39.1 Å². The van der Waals surface area contributed by atoms with Crippen LogP contribution in [0.15, 0.2) is 77.3 Å². The van der Waals surface area contributed by atoms with Crippen LogP contribution in [0, 0.1) is 0 Å². The van der Waals surface area contributed by atoms with Crippen LogP contribution in [0.2, 0.25) is 0 Å². The fourth-order valence-corrected chi connectivity index (χ4v) is 2.87. The topological polar surface area (TPSA) is 67.4 Å². The largest absolute Gasteiger partial charge is 0.497 e. The summed E-state index contributed by atoms with van der Waals surface area (Å²) in [5.41, 5.74) is 2.13. The number of rotatable bonds is 5. The summed E-state index contributed by atoms with van der Waals surface area (Å²) in [4.78, 5) is 24.9. The Morgan fingerprint density at radius 2 is 1.33 bits per heavy atom. The highest BCUT2D eigenvalue weighted by Gasteiger charge is 2.10. The summed E-state index contributed by atoms with van der Waals surface area (Å²) in [6.45, 7) is 0. The van der Waals surface area contributed by atoms with Gasteiger partial charge in [-0.25, -0.2) is 0 Å². The molecule has 0 aliphatic carbocycles. The second-order valence-electron chi connectivity index (χ2n) is 5.73. The van der Waals surface area contributed by atoms with Crippen molar-refractivity contribution in [2.75, 3.05) is 17.7 Å². The summed E-state index contributed by atoms with van der Waals surface area (Å²) >= 11 is 3.35. The lowest BCUT2D eigenvalue weighted by Gasteiger charge is -2.09. The number of carbonyl (C=O) groups excluding carboxylic acids is 2. The molecule has 0 radical (unpaired) electrons. The molecule has 0 saturated heterocycles. The molecule has 5 nitrogen and oxygen atoms in total. The van der Waals surface area contributed by atoms with Crippen LogP contribution >= 0.6 is 15.9 Å². The molecule has 3 aromatic carbocycles. The first-order valence-corrected chi connectivity index (χ1v) is 8.97. The molecule has 0 unspecified atom stereocenters. The van der Waals surface area contributed by atoms with Gasteiger partial charge in [0.05, 0.1) is 7.11 Å². The Labute approximate surface area is 165 Å². The molecule has 2 amide bonds. The van der Waals surface area contributed by atoms with Gasteiger partial charge in [-0.15, -0.1) is 0 Å². The first-order valence-electron chi connectivity index (χ1n) is 8.17. The number of hydrogen-bond acceptors (Lipinski definition) is 3. The summed E-state index contributed by atoms with van der Waals surface area (Å²) in [7, 11) is 1.57. The van der Waals surface area contributed by atoms with E-state index >= 15 is 0 Å². The van der Waals surface area contributed by atoms with Crippen molar-refractivity contribution in [3.8, 4) is 5.75 Å². The maximum atomic E-state index is 12.5. The lowest BCUT2D eigenvalue weighted by molar-refractivity contribution is 0.101. The molecule has 0 spiro atoms. The number of carbonyl (C=O) groups is 2. The Kier molecular flexibility index (Phi) is 5.88. The maximum absolute atomic E-state index is 12.5. The van der Waals surface area contributed by atoms with Crippen molar-refractivity contribution < 1.29 is 14.3 Å². The predicted molar refractivity (Wildman–Crippen MR) is 109 cm³/mol. The van der Waals surface area contributed by atoms with Gasteiger partial charge >= 0.3 is 0 Å². The van der Waals surface area contributed by atoms with Crippen molar-refractivity contribution in [3.05, 3.63) is 88.4 Å². The van der Waals surface area contributed by atoms with Crippen LogP contribution in [0.25, 0.3) is 0 Å². The molecule has 6 heteroatoms. The molecule has 0 bridgehead atoms. The number of halogens is 1. The van der Waals surface area contributed by atoms with E-state index in [0.29, 0.717) is 28.3 Å². The summed E-state index contributed by atoms with van der Waals surface area (Å²) in [6, 6.07) is 21.0. The zero-order chi connectivity index (χ0) is 19.2. The first kappa shape index (κ1) is 18.7. The number of ether oxygens (including phenoxy) is 1. The van der Waals surface area contributed by atoms with Crippen LogP contribution in [-0.4, -0.2) is 18.9 Å². The molecule has 0 aliphatic heterocycles. The van der Waals surface area contributed by atoms with Crippen LogP contribution < -0.4 is 15.4 Å². The van der Waals surface area contributed by atoms with Crippen LogP contribution in [-0.2, 0) is 0 Å². The average molecular weight is 425 g/mol. The predicted octanol–water partition coefficient (Wildman–Crippen LogP) is 4.96. The van der Waals surface area contributed by atoms with Crippen LogP contribution in [0.5, 0.6) is 5.75 Å². The van der Waals surface area contributed by atoms with Gasteiger partial charge in [0.2, 0.25) is 0 Å². The van der Waals surface area contributed by atoms with Gasteiger partial charge in [0.15, 0.2) is 0 Å². The van der Waals surface area contributed by atoms with Crippen molar-refractivity contribution in [2.24, 2.45) is 0 Å². The van der Waals surface area contributed by atoms with E-state index in [2.05, 4.69) is 26.6 Å². The first-order chi connectivity index (χ1) is 13.0. The molecule has 136 valence electrons. The second kappa shape index (κ2) is 8.51. The van der Waals surface area contributed by atoms with Crippen molar-refractivity contribution in [1.29, 1.82) is 0 Å². The molecule has 3 rings (SSSR count). The van der Waals surface area contributed by atoms with E-state index in [4.69, 9.17) is 4.74 Å². The molecular weight excluding hydrogens is 408 g/mol. The molecule has 3 aromatic rings. The third-order valence-electron chi connectivity index (χ3n) is 3.80. The van der Waals surface area contributed by atoms with E-state index in [1.54, 1.807) is 73.8 Å². The van der Waals surface area contributed by atoms with Crippen LogP contribution in [0.3, 0.4) is 0 Å². The third kappa shape index (κ3) is 4.95. The lowest BCUT2D eigenvalue weighted by atomic mass is 10.1. The highest BCUT2D eigenvalue weighted by Crippen LogP contribution is 2.19. The Morgan fingerprint density at radius 3 is 1.96 bits per heavy atom. The molecule has 2 N–H and O–H groups in total. The molecule has 0 atom stereocenters. The minimum Gasteiger partial charge on any atom is -0.497 e. The third-order valence-corrected chi connectivity index (χ3v) is 4.29. The summed E-state index contributed by atoms with van der Waals surface area (Å²) in [5, 5.41) is 5.62. The van der Waals surface area contributed by atoms with Gasteiger partial charge in [0.25, 0.3) is 11.8 Å². The van der Waals surface area contributed by atoms with Gasteiger partial charge in [-0.2, -0.15) is 0 Å². The minimum atomic E-state index is -0.276. The Morgan fingerprint density at radius 1 is 0.778 bits per heavy atom. The summed E-state index contributed by atoms with van der Waals surface area (Å²) in [5.74, 6) is 0.131. The fraction of sp³-hybridized carbons (Fsp3) is 0.0476. The maximum Gasteiger partial charge on any atom is 0.255 e. The minimum absolute atomic E-state index is 0.248. The Bertz CT molecular complexity index is 988. The summed E-state index contributed by atoms with van der Waals surface area (Å²) < 4.78 is 5.97. The fourth-order valence-electron chi connectivity index (χ4n) is 2.48. The number of anilines is 2. The van der Waals surface area contributed by atoms with Gasteiger partial charge in [0, 0.05) is 33.0 Å². The average Bonchev–Trinajstić information content (AvgIpc) is 2.68. The molecular formula is C21H17BrN2O3. The zero-order valence-electron chi connectivity index (χ0n) is 14.5. The van der Waals surface area contributed by atoms with Gasteiger partial charge in [-0.05, 0) is 48.5 Å². The Balaban J connectivity index is 1.72. The SMILES string of the molecule is COc1cccc(NC(=O)c2cccc(NC(=O)c3cccc(Br)c3)c2)c1. The molecule has 27 heavy (non-hydrogen) atoms. The normalized spacial score (nSPS) is 10.1. The standard InChI is InChI=1S/C21H17BrN2O3/c1-27-19-10-4-9-18(13-19)24-21(26)15-6-3-8-17(12-15)23-20(25)14-5-2-7-16(22)11-14/h2-13H,1H3,(H,23,25)(H,24,26). The molecule has 0 aromatic heterocycles. The molecule has 0 fully saturated rings. The summed E-state index contributed by atoms with van der Waals surface area (Å²) in [6.07, 6.45) is 0. The molecule has 0 saturated carbocycles.